The standard InChI is InChI=1S/C7H14N4O4S2/c1-5-6(17(14,15)10(2)3)7(11(4)9-5)16(8,12)13/h1-4H3,(H2,8,12,13). The summed E-state index contributed by atoms with van der Waals surface area (Å²) in [4.78, 5) is -0.382. The molecule has 1 rings (SSSR count). The van der Waals surface area contributed by atoms with Crippen LogP contribution in [0.25, 0.3) is 0 Å². The first kappa shape index (κ1) is 14.1. The van der Waals surface area contributed by atoms with Crippen LogP contribution in [0.1, 0.15) is 5.69 Å². The number of rotatable bonds is 3. The summed E-state index contributed by atoms with van der Waals surface area (Å²) in [6.45, 7) is 1.41. The van der Waals surface area contributed by atoms with Crippen LogP contribution >= 0.6 is 0 Å². The molecule has 0 bridgehead atoms. The van der Waals surface area contributed by atoms with Crippen LogP contribution in [0.2, 0.25) is 0 Å². The minimum atomic E-state index is -4.17. The van der Waals surface area contributed by atoms with E-state index < -0.39 is 25.1 Å². The monoisotopic (exact) mass is 282 g/mol. The van der Waals surface area contributed by atoms with Gasteiger partial charge in [0.25, 0.3) is 10.0 Å². The molecule has 0 saturated heterocycles. The third-order valence-corrected chi connectivity index (χ3v) is 5.23. The second-order valence-corrected chi connectivity index (χ2v) is 7.24. The van der Waals surface area contributed by atoms with Gasteiger partial charge in [-0.15, -0.1) is 0 Å². The van der Waals surface area contributed by atoms with Crippen molar-refractivity contribution in [3.8, 4) is 0 Å². The molecule has 8 nitrogen and oxygen atoms in total. The van der Waals surface area contributed by atoms with Crippen LogP contribution in [0, 0.1) is 6.92 Å². The Bertz CT molecular complexity index is 642. The van der Waals surface area contributed by atoms with Gasteiger partial charge in [0.2, 0.25) is 10.0 Å². The molecule has 1 heterocycles. The van der Waals surface area contributed by atoms with Crippen molar-refractivity contribution in [2.24, 2.45) is 12.2 Å². The number of primary sulfonamides is 1. The molecule has 10 heteroatoms. The number of aromatic nitrogens is 2. The van der Waals surface area contributed by atoms with Crippen molar-refractivity contribution in [1.29, 1.82) is 0 Å². The zero-order chi connectivity index (χ0) is 13.6. The molecule has 0 atom stereocenters. The van der Waals surface area contributed by atoms with Gasteiger partial charge in [0, 0.05) is 21.1 Å². The Labute approximate surface area is 100 Å². The fourth-order valence-electron chi connectivity index (χ4n) is 1.41. The van der Waals surface area contributed by atoms with Gasteiger partial charge in [-0.1, -0.05) is 0 Å². The second kappa shape index (κ2) is 4.05. The van der Waals surface area contributed by atoms with Gasteiger partial charge in [-0.3, -0.25) is 4.68 Å². The molecule has 0 fully saturated rings. The summed E-state index contributed by atoms with van der Waals surface area (Å²) < 4.78 is 48.6. The number of sulfonamides is 2. The summed E-state index contributed by atoms with van der Waals surface area (Å²) >= 11 is 0. The SMILES string of the molecule is Cc1nn(C)c(S(N)(=O)=O)c1S(=O)(=O)N(C)C. The molecule has 0 saturated carbocycles. The van der Waals surface area contributed by atoms with E-state index in [0.29, 0.717) is 0 Å². The van der Waals surface area contributed by atoms with E-state index in [4.69, 9.17) is 5.14 Å². The normalized spacial score (nSPS) is 13.3. The van der Waals surface area contributed by atoms with Crippen LogP contribution in [0.5, 0.6) is 0 Å². The van der Waals surface area contributed by atoms with Gasteiger partial charge in [-0.05, 0) is 6.92 Å². The highest BCUT2D eigenvalue weighted by Crippen LogP contribution is 2.24. The summed E-state index contributed by atoms with van der Waals surface area (Å²) in [6.07, 6.45) is 0. The Kier molecular flexibility index (Phi) is 3.36. The summed E-state index contributed by atoms with van der Waals surface area (Å²) in [7, 11) is -4.15. The van der Waals surface area contributed by atoms with Gasteiger partial charge in [0.15, 0.2) is 5.03 Å². The molecule has 0 unspecified atom stereocenters. The van der Waals surface area contributed by atoms with Crippen LogP contribution in [-0.4, -0.2) is 45.0 Å². The Morgan fingerprint density at radius 2 is 1.71 bits per heavy atom. The lowest BCUT2D eigenvalue weighted by molar-refractivity contribution is 0.513. The minimum absolute atomic E-state index is 0.0882. The van der Waals surface area contributed by atoms with Crippen molar-refractivity contribution < 1.29 is 16.8 Å². The maximum Gasteiger partial charge on any atom is 0.256 e. The number of nitrogens with zero attached hydrogens (tertiary/aromatic N) is 3. The second-order valence-electron chi connectivity index (χ2n) is 3.68. The highest BCUT2D eigenvalue weighted by molar-refractivity contribution is 7.92. The van der Waals surface area contributed by atoms with Gasteiger partial charge in [0.1, 0.15) is 4.90 Å². The lowest BCUT2D eigenvalue weighted by atomic mass is 10.5. The maximum atomic E-state index is 12.0. The summed E-state index contributed by atoms with van der Waals surface area (Å²) in [5.74, 6) is 0. The average molecular weight is 282 g/mol. The van der Waals surface area contributed by atoms with Crippen molar-refractivity contribution in [1.82, 2.24) is 14.1 Å². The first-order valence-corrected chi connectivity index (χ1v) is 7.47. The zero-order valence-corrected chi connectivity index (χ0v) is 11.5. The van der Waals surface area contributed by atoms with Gasteiger partial charge < -0.3 is 0 Å². The Hall–Kier alpha value is -0.970. The van der Waals surface area contributed by atoms with E-state index in [1.54, 1.807) is 0 Å². The molecule has 1 aromatic heterocycles. The predicted molar refractivity (Wildman–Crippen MR) is 60.2 cm³/mol. The lowest BCUT2D eigenvalue weighted by Crippen LogP contribution is -2.26. The zero-order valence-electron chi connectivity index (χ0n) is 9.87. The summed E-state index contributed by atoms with van der Waals surface area (Å²) in [5.41, 5.74) is 0.0882. The van der Waals surface area contributed by atoms with Crippen molar-refractivity contribution >= 4 is 20.0 Å². The lowest BCUT2D eigenvalue weighted by Gasteiger charge is -2.11. The fraction of sp³-hybridized carbons (Fsp3) is 0.571. The van der Waals surface area contributed by atoms with E-state index in [0.717, 1.165) is 8.99 Å². The molecule has 1 aromatic rings. The van der Waals surface area contributed by atoms with Crippen molar-refractivity contribution in [2.45, 2.75) is 16.8 Å². The topological polar surface area (TPSA) is 115 Å². The van der Waals surface area contributed by atoms with Gasteiger partial charge in [-0.25, -0.2) is 26.3 Å². The molecule has 2 N–H and O–H groups in total. The first-order chi connectivity index (χ1) is 7.49. The summed E-state index contributed by atoms with van der Waals surface area (Å²) in [5, 5.41) is 8.26. The third kappa shape index (κ3) is 2.34. The van der Waals surface area contributed by atoms with Crippen LogP contribution in [0.15, 0.2) is 9.92 Å². The Morgan fingerprint density at radius 1 is 1.24 bits per heavy atom. The minimum Gasteiger partial charge on any atom is -0.255 e. The van der Waals surface area contributed by atoms with E-state index in [-0.39, 0.29) is 10.6 Å². The van der Waals surface area contributed by atoms with E-state index in [2.05, 4.69) is 5.10 Å². The molecule has 0 aliphatic carbocycles. The molecule has 0 radical (unpaired) electrons. The average Bonchev–Trinajstić information content (AvgIpc) is 2.39. The fourth-order valence-corrected chi connectivity index (χ4v) is 4.02. The molecule has 17 heavy (non-hydrogen) atoms. The molecular formula is C7H14N4O4S2. The van der Waals surface area contributed by atoms with Crippen molar-refractivity contribution in [3.63, 3.8) is 0 Å². The van der Waals surface area contributed by atoms with E-state index in [9.17, 15) is 16.8 Å². The van der Waals surface area contributed by atoms with Gasteiger partial charge in [0.05, 0.1) is 5.69 Å². The van der Waals surface area contributed by atoms with Gasteiger partial charge >= 0.3 is 0 Å². The highest BCUT2D eigenvalue weighted by Gasteiger charge is 2.33. The largest absolute Gasteiger partial charge is 0.256 e. The summed E-state index contributed by atoms with van der Waals surface area (Å²) in [6, 6.07) is 0. The quantitative estimate of drug-likeness (QED) is 0.734. The van der Waals surface area contributed by atoms with Crippen molar-refractivity contribution in [2.75, 3.05) is 14.1 Å². The van der Waals surface area contributed by atoms with E-state index in [1.807, 2.05) is 0 Å². The van der Waals surface area contributed by atoms with Crippen LogP contribution in [-0.2, 0) is 27.1 Å². The number of hydrogen-bond donors (Lipinski definition) is 1. The van der Waals surface area contributed by atoms with E-state index >= 15 is 0 Å². The third-order valence-electron chi connectivity index (χ3n) is 2.12. The molecular weight excluding hydrogens is 268 g/mol. The van der Waals surface area contributed by atoms with Crippen molar-refractivity contribution in [3.05, 3.63) is 5.69 Å². The first-order valence-electron chi connectivity index (χ1n) is 4.48. The van der Waals surface area contributed by atoms with Gasteiger partial charge in [-0.2, -0.15) is 5.10 Å². The molecule has 0 spiro atoms. The molecule has 0 aromatic carbocycles. The Morgan fingerprint density at radius 3 is 2.06 bits per heavy atom. The van der Waals surface area contributed by atoms with Crippen LogP contribution < -0.4 is 5.14 Å². The highest BCUT2D eigenvalue weighted by atomic mass is 32.2. The molecule has 0 amide bonds. The Balaban J connectivity index is 3.79. The molecule has 98 valence electrons. The number of aryl methyl sites for hydroxylation is 2. The van der Waals surface area contributed by atoms with Crippen LogP contribution in [0.3, 0.4) is 0 Å². The molecule has 0 aliphatic heterocycles. The van der Waals surface area contributed by atoms with Crippen LogP contribution in [0.4, 0.5) is 0 Å². The number of nitrogens with two attached hydrogens (primary N) is 1. The smallest absolute Gasteiger partial charge is 0.255 e. The van der Waals surface area contributed by atoms with E-state index in [1.165, 1.54) is 28.1 Å². The number of hydrogen-bond acceptors (Lipinski definition) is 5. The predicted octanol–water partition coefficient (Wildman–Crippen LogP) is -1.37. The maximum absolute atomic E-state index is 12.0. The molecule has 0 aliphatic rings.